The summed E-state index contributed by atoms with van der Waals surface area (Å²) in [6, 6.07) is 13.6. The van der Waals surface area contributed by atoms with Gasteiger partial charge in [-0.2, -0.15) is 0 Å². The van der Waals surface area contributed by atoms with Crippen LogP contribution in [0.1, 0.15) is 60.5 Å². The van der Waals surface area contributed by atoms with Crippen molar-refractivity contribution in [2.45, 2.75) is 56.9 Å². The highest BCUT2D eigenvalue weighted by Crippen LogP contribution is 2.55. The number of fused-ring (bicyclic) bond motifs is 1. The Morgan fingerprint density at radius 2 is 1.91 bits per heavy atom. The zero-order chi connectivity index (χ0) is 23.6. The van der Waals surface area contributed by atoms with Gasteiger partial charge >= 0.3 is 11.9 Å². The predicted molar refractivity (Wildman–Crippen MR) is 126 cm³/mol. The van der Waals surface area contributed by atoms with Crippen molar-refractivity contribution in [3.8, 4) is 11.5 Å². The molecule has 2 aromatic carbocycles. The molecule has 2 aromatic rings. The Morgan fingerprint density at radius 3 is 2.64 bits per heavy atom. The zero-order valence-electron chi connectivity index (χ0n) is 19.7. The highest BCUT2D eigenvalue weighted by molar-refractivity contribution is 5.91. The first-order valence-corrected chi connectivity index (χ1v) is 11.7. The number of benzene rings is 2. The number of esters is 1. The number of likely N-dealkylation sites (tertiary alicyclic amines) is 1. The van der Waals surface area contributed by atoms with Crippen molar-refractivity contribution in [1.29, 1.82) is 0 Å². The Labute approximate surface area is 195 Å². The highest BCUT2D eigenvalue weighted by Gasteiger charge is 2.53. The van der Waals surface area contributed by atoms with Gasteiger partial charge in [0.15, 0.2) is 0 Å². The van der Waals surface area contributed by atoms with Gasteiger partial charge in [0.1, 0.15) is 17.1 Å². The van der Waals surface area contributed by atoms with Gasteiger partial charge in [0.05, 0.1) is 7.11 Å². The number of hydrogen-bond donors (Lipinski definition) is 1. The molecule has 2 aliphatic carbocycles. The summed E-state index contributed by atoms with van der Waals surface area (Å²) in [6.45, 7) is 2.48. The van der Waals surface area contributed by atoms with Crippen LogP contribution in [0.5, 0.6) is 11.5 Å². The fraction of sp³-hybridized carbons (Fsp3) is 0.481. The van der Waals surface area contributed by atoms with E-state index in [9.17, 15) is 9.59 Å². The van der Waals surface area contributed by atoms with Crippen LogP contribution in [0.4, 0.5) is 0 Å². The number of rotatable bonds is 3. The minimum Gasteiger partial charge on any atom is -0.497 e. The number of aromatic carboxylic acids is 1. The third-order valence-corrected chi connectivity index (χ3v) is 7.69. The van der Waals surface area contributed by atoms with Crippen LogP contribution < -0.4 is 9.47 Å². The molecule has 3 aliphatic rings. The topological polar surface area (TPSA) is 76.1 Å². The maximum Gasteiger partial charge on any atom is 0.339 e. The van der Waals surface area contributed by atoms with E-state index in [1.165, 1.54) is 64.1 Å². The van der Waals surface area contributed by atoms with E-state index in [0.717, 1.165) is 17.7 Å². The molecule has 0 aromatic heterocycles. The summed E-state index contributed by atoms with van der Waals surface area (Å²) in [5, 5.41) is 8.69. The monoisotopic (exact) mass is 451 g/mol. The molecule has 1 saturated heterocycles. The lowest BCUT2D eigenvalue weighted by molar-refractivity contribution is -0.131. The van der Waals surface area contributed by atoms with E-state index >= 15 is 0 Å². The Kier molecular flexibility index (Phi) is 6.75. The molecule has 1 N–H and O–H groups in total. The molecule has 5 rings (SSSR count). The standard InChI is InChI=1S/C18H25NO.C9H8O4/c1-19-10-9-18-8-4-3-5-15(18)17(19)11-13-6-7-14(20-2)12-16(13)18;1-6(10)13-8-5-3-2-4-7(8)9(11)12/h6-7,12,15,17H,3-5,8-11H2,1-2H3;2-5H,1H3,(H,11,12)/t15-,17+,18+;/m1./s1. The van der Waals surface area contributed by atoms with Crippen LogP contribution in [-0.4, -0.2) is 48.7 Å². The number of hydrogen-bond acceptors (Lipinski definition) is 5. The molecule has 2 bridgehead atoms. The van der Waals surface area contributed by atoms with Gasteiger partial charge in [0.2, 0.25) is 0 Å². The molecule has 33 heavy (non-hydrogen) atoms. The average molecular weight is 452 g/mol. The van der Waals surface area contributed by atoms with Gasteiger partial charge in [-0.3, -0.25) is 4.79 Å². The number of piperidine rings is 1. The minimum absolute atomic E-state index is 0.0160. The van der Waals surface area contributed by atoms with Crippen LogP contribution in [0.15, 0.2) is 42.5 Å². The number of ether oxygens (including phenoxy) is 2. The summed E-state index contributed by atoms with van der Waals surface area (Å²) >= 11 is 0. The van der Waals surface area contributed by atoms with Crippen molar-refractivity contribution in [2.24, 2.45) is 5.92 Å². The summed E-state index contributed by atoms with van der Waals surface area (Å²) in [7, 11) is 4.12. The number of methoxy groups -OCH3 is 1. The SMILES string of the molecule is CC(=O)Oc1ccccc1C(=O)O.COc1ccc2c(c1)[C@]13CCCC[C@@H]1[C@H](C2)N(C)CC3. The molecular weight excluding hydrogens is 418 g/mol. The van der Waals surface area contributed by atoms with Crippen molar-refractivity contribution >= 4 is 11.9 Å². The zero-order valence-corrected chi connectivity index (χ0v) is 19.7. The predicted octanol–water partition coefficient (Wildman–Crippen LogP) is 4.69. The third kappa shape index (κ3) is 4.49. The Morgan fingerprint density at radius 1 is 1.12 bits per heavy atom. The third-order valence-electron chi connectivity index (χ3n) is 7.69. The molecule has 1 aliphatic heterocycles. The molecule has 1 saturated carbocycles. The second-order valence-corrected chi connectivity index (χ2v) is 9.43. The lowest BCUT2D eigenvalue weighted by atomic mass is 9.52. The Balaban J connectivity index is 0.000000174. The van der Waals surface area contributed by atoms with E-state index < -0.39 is 11.9 Å². The number of carboxylic acids is 1. The lowest BCUT2D eigenvalue weighted by Gasteiger charge is -2.58. The number of carbonyl (C=O) groups is 2. The second-order valence-electron chi connectivity index (χ2n) is 9.43. The van der Waals surface area contributed by atoms with Gasteiger partial charge < -0.3 is 19.5 Å². The van der Waals surface area contributed by atoms with Gasteiger partial charge in [-0.05, 0) is 80.6 Å². The van der Waals surface area contributed by atoms with Gasteiger partial charge in [-0.15, -0.1) is 0 Å². The van der Waals surface area contributed by atoms with E-state index in [1.807, 2.05) is 0 Å². The lowest BCUT2D eigenvalue weighted by Crippen LogP contribution is -2.59. The smallest absolute Gasteiger partial charge is 0.339 e. The summed E-state index contributed by atoms with van der Waals surface area (Å²) in [4.78, 5) is 23.8. The van der Waals surface area contributed by atoms with Crippen molar-refractivity contribution in [2.75, 3.05) is 20.7 Å². The number of carbonyl (C=O) groups excluding carboxylic acids is 1. The van der Waals surface area contributed by atoms with E-state index in [0.29, 0.717) is 5.41 Å². The molecule has 0 spiro atoms. The maximum atomic E-state index is 10.6. The molecule has 3 atom stereocenters. The highest BCUT2D eigenvalue weighted by atomic mass is 16.5. The average Bonchev–Trinajstić information content (AvgIpc) is 2.81. The molecule has 6 nitrogen and oxygen atoms in total. The van der Waals surface area contributed by atoms with E-state index in [1.54, 1.807) is 30.4 Å². The summed E-state index contributed by atoms with van der Waals surface area (Å²) < 4.78 is 10.2. The number of likely N-dealkylation sites (N-methyl/N-ethyl adjacent to an activating group) is 1. The molecular formula is C27H33NO5. The van der Waals surface area contributed by atoms with E-state index in [4.69, 9.17) is 9.84 Å². The molecule has 176 valence electrons. The number of carboxylic acid groups (broad SMARTS) is 1. The summed E-state index contributed by atoms with van der Waals surface area (Å²) in [5.41, 5.74) is 3.65. The van der Waals surface area contributed by atoms with Gasteiger partial charge in [0, 0.05) is 18.4 Å². The van der Waals surface area contributed by atoms with E-state index in [2.05, 4.69) is 34.9 Å². The fourth-order valence-corrected chi connectivity index (χ4v) is 6.19. The van der Waals surface area contributed by atoms with Crippen molar-refractivity contribution < 1.29 is 24.2 Å². The molecule has 6 heteroatoms. The summed E-state index contributed by atoms with van der Waals surface area (Å²) in [6.07, 6.45) is 8.22. The van der Waals surface area contributed by atoms with Crippen LogP contribution in [0.25, 0.3) is 0 Å². The van der Waals surface area contributed by atoms with Gasteiger partial charge in [0.25, 0.3) is 0 Å². The molecule has 1 heterocycles. The molecule has 2 fully saturated rings. The van der Waals surface area contributed by atoms with Crippen LogP contribution in [0.2, 0.25) is 0 Å². The van der Waals surface area contributed by atoms with Crippen molar-refractivity contribution in [3.05, 3.63) is 59.2 Å². The Hall–Kier alpha value is -2.86. The summed E-state index contributed by atoms with van der Waals surface area (Å²) in [5.74, 6) is 0.336. The maximum absolute atomic E-state index is 10.6. The van der Waals surface area contributed by atoms with Gasteiger partial charge in [-0.1, -0.05) is 31.0 Å². The number of nitrogens with zero attached hydrogens (tertiary/aromatic N) is 1. The second kappa shape index (κ2) is 9.56. The minimum atomic E-state index is -1.11. The fourth-order valence-electron chi connectivity index (χ4n) is 6.19. The molecule has 0 amide bonds. The molecule has 0 radical (unpaired) electrons. The largest absolute Gasteiger partial charge is 0.497 e. The van der Waals surface area contributed by atoms with Gasteiger partial charge in [-0.25, -0.2) is 4.79 Å². The first-order valence-electron chi connectivity index (χ1n) is 11.7. The first-order chi connectivity index (χ1) is 15.9. The first kappa shape index (κ1) is 23.3. The van der Waals surface area contributed by atoms with Crippen LogP contribution in [0.3, 0.4) is 0 Å². The van der Waals surface area contributed by atoms with Crippen LogP contribution in [0, 0.1) is 5.92 Å². The number of para-hydroxylation sites is 1. The quantitative estimate of drug-likeness (QED) is 0.539. The van der Waals surface area contributed by atoms with Crippen LogP contribution >= 0.6 is 0 Å². The van der Waals surface area contributed by atoms with Crippen molar-refractivity contribution in [3.63, 3.8) is 0 Å². The Bertz CT molecular complexity index is 1030. The normalized spacial score (nSPS) is 25.5. The molecule has 0 unspecified atom stereocenters. The van der Waals surface area contributed by atoms with Crippen LogP contribution in [-0.2, 0) is 16.6 Å². The van der Waals surface area contributed by atoms with E-state index in [-0.39, 0.29) is 11.3 Å². The van der Waals surface area contributed by atoms with Crippen molar-refractivity contribution in [1.82, 2.24) is 4.90 Å².